The monoisotopic (exact) mass is 252 g/mol. The van der Waals surface area contributed by atoms with Gasteiger partial charge in [0, 0.05) is 6.07 Å². The van der Waals surface area contributed by atoms with Crippen molar-refractivity contribution in [2.45, 2.75) is 18.4 Å². The second-order valence-electron chi connectivity index (χ2n) is 3.57. The number of nitrogens with one attached hydrogen (secondary N) is 1. The highest BCUT2D eigenvalue weighted by molar-refractivity contribution is 7.89. The van der Waals surface area contributed by atoms with Crippen LogP contribution in [0.15, 0.2) is 45.9 Å². The minimum atomic E-state index is -3.50. The van der Waals surface area contributed by atoms with Crippen molar-refractivity contribution < 1.29 is 12.9 Å². The molecular weight excluding hydrogens is 240 g/mol. The average molecular weight is 252 g/mol. The number of hydrogen-bond acceptors (Lipinski definition) is 4. The van der Waals surface area contributed by atoms with Gasteiger partial charge in [-0.05, 0) is 18.6 Å². The highest BCUT2D eigenvalue weighted by Crippen LogP contribution is 2.14. The topological polar surface area (TPSA) is 72.2 Å². The summed E-state index contributed by atoms with van der Waals surface area (Å²) < 4.78 is 31.2. The third-order valence-corrected chi connectivity index (χ3v) is 3.87. The van der Waals surface area contributed by atoms with Gasteiger partial charge in [-0.15, -0.1) is 0 Å². The highest BCUT2D eigenvalue weighted by atomic mass is 32.2. The third-order valence-electron chi connectivity index (χ3n) is 2.31. The molecule has 6 heteroatoms. The molecule has 0 aliphatic heterocycles. The largest absolute Gasteiger partial charge is 0.360 e. The molecule has 0 amide bonds. The van der Waals surface area contributed by atoms with E-state index in [2.05, 4.69) is 9.88 Å². The molecule has 2 aromatic rings. The van der Waals surface area contributed by atoms with Gasteiger partial charge in [-0.2, -0.15) is 0 Å². The van der Waals surface area contributed by atoms with Gasteiger partial charge < -0.3 is 4.52 Å². The van der Waals surface area contributed by atoms with Crippen molar-refractivity contribution in [2.24, 2.45) is 0 Å². The van der Waals surface area contributed by atoms with Crippen molar-refractivity contribution in [3.8, 4) is 0 Å². The molecule has 1 heterocycles. The van der Waals surface area contributed by atoms with Crippen LogP contribution in [0.1, 0.15) is 11.3 Å². The summed E-state index contributed by atoms with van der Waals surface area (Å²) in [5, 5.41) is 3.50. The predicted octanol–water partition coefficient (Wildman–Crippen LogP) is 1.46. The van der Waals surface area contributed by atoms with Gasteiger partial charge in [0.05, 0.1) is 17.6 Å². The number of hydrogen-bond donors (Lipinski definition) is 1. The second-order valence-corrected chi connectivity index (χ2v) is 5.30. The van der Waals surface area contributed by atoms with E-state index in [0.29, 0.717) is 11.3 Å². The Kier molecular flexibility index (Phi) is 3.26. The Morgan fingerprint density at radius 2 is 2.06 bits per heavy atom. The molecule has 0 radical (unpaired) electrons. The summed E-state index contributed by atoms with van der Waals surface area (Å²) in [4.78, 5) is 0.277. The van der Waals surface area contributed by atoms with Gasteiger partial charge in [-0.3, -0.25) is 0 Å². The van der Waals surface area contributed by atoms with E-state index in [0.717, 1.165) is 0 Å². The van der Waals surface area contributed by atoms with Crippen molar-refractivity contribution in [1.29, 1.82) is 0 Å². The summed E-state index contributed by atoms with van der Waals surface area (Å²) in [5.74, 6) is 0.474. The van der Waals surface area contributed by atoms with E-state index in [-0.39, 0.29) is 11.4 Å². The first-order valence-corrected chi connectivity index (χ1v) is 6.53. The Morgan fingerprint density at radius 3 is 2.71 bits per heavy atom. The molecule has 0 spiro atoms. The lowest BCUT2D eigenvalue weighted by molar-refractivity contribution is 0.380. The van der Waals surface area contributed by atoms with Crippen LogP contribution in [0.4, 0.5) is 0 Å². The Morgan fingerprint density at radius 1 is 1.29 bits per heavy atom. The van der Waals surface area contributed by atoms with Crippen LogP contribution < -0.4 is 4.72 Å². The lowest BCUT2D eigenvalue weighted by atomic mass is 10.2. The third kappa shape index (κ3) is 2.72. The van der Waals surface area contributed by atoms with Gasteiger partial charge in [0.25, 0.3) is 0 Å². The average Bonchev–Trinajstić information content (AvgIpc) is 2.80. The van der Waals surface area contributed by atoms with Gasteiger partial charge in [0.2, 0.25) is 10.0 Å². The van der Waals surface area contributed by atoms with Gasteiger partial charge in [-0.1, -0.05) is 23.4 Å². The molecule has 1 N–H and O–H groups in total. The Labute approximate surface area is 99.5 Å². The summed E-state index contributed by atoms with van der Waals surface area (Å²) in [5.41, 5.74) is 0.706. The smallest absolute Gasteiger partial charge is 0.241 e. The fraction of sp³-hybridized carbons (Fsp3) is 0.182. The quantitative estimate of drug-likeness (QED) is 0.894. The first-order chi connectivity index (χ1) is 8.09. The van der Waals surface area contributed by atoms with Gasteiger partial charge in [0.1, 0.15) is 0 Å². The Hall–Kier alpha value is -1.66. The number of aryl methyl sites for hydroxylation is 1. The minimum Gasteiger partial charge on any atom is -0.360 e. The predicted molar refractivity (Wildman–Crippen MR) is 61.7 cm³/mol. The fourth-order valence-corrected chi connectivity index (χ4v) is 2.67. The van der Waals surface area contributed by atoms with Crippen LogP contribution in [0.2, 0.25) is 0 Å². The molecule has 17 heavy (non-hydrogen) atoms. The van der Waals surface area contributed by atoms with E-state index < -0.39 is 10.0 Å². The molecule has 0 unspecified atom stereocenters. The zero-order chi connectivity index (χ0) is 12.3. The zero-order valence-electron chi connectivity index (χ0n) is 9.25. The first-order valence-electron chi connectivity index (χ1n) is 5.04. The molecule has 0 saturated carbocycles. The lowest BCUT2D eigenvalue weighted by Gasteiger charge is -2.07. The van der Waals surface area contributed by atoms with E-state index in [9.17, 15) is 8.42 Å². The van der Waals surface area contributed by atoms with E-state index in [1.807, 2.05) is 0 Å². The van der Waals surface area contributed by atoms with Gasteiger partial charge in [0.15, 0.2) is 5.76 Å². The molecular formula is C11H12N2O3S. The molecule has 0 aliphatic carbocycles. The van der Waals surface area contributed by atoms with Crippen molar-refractivity contribution in [3.05, 3.63) is 47.9 Å². The van der Waals surface area contributed by atoms with Crippen molar-refractivity contribution in [3.63, 3.8) is 0 Å². The van der Waals surface area contributed by atoms with Crippen LogP contribution in [0.5, 0.6) is 0 Å². The standard InChI is InChI=1S/C11H12N2O3S/c1-9-4-2-3-5-11(9)17(14,15)13-8-10-6-7-12-16-10/h2-7,13H,8H2,1H3. The summed E-state index contributed by atoms with van der Waals surface area (Å²) >= 11 is 0. The maximum absolute atomic E-state index is 12.0. The van der Waals surface area contributed by atoms with E-state index >= 15 is 0 Å². The molecule has 0 bridgehead atoms. The molecule has 0 atom stereocenters. The summed E-state index contributed by atoms with van der Waals surface area (Å²) in [6, 6.07) is 8.42. The molecule has 5 nitrogen and oxygen atoms in total. The number of sulfonamides is 1. The number of rotatable bonds is 4. The van der Waals surface area contributed by atoms with Crippen molar-refractivity contribution in [1.82, 2.24) is 9.88 Å². The first kappa shape index (κ1) is 11.8. The highest BCUT2D eigenvalue weighted by Gasteiger charge is 2.16. The molecule has 0 fully saturated rings. The summed E-state index contributed by atoms with van der Waals surface area (Å²) in [6.45, 7) is 1.85. The Balaban J connectivity index is 2.17. The van der Waals surface area contributed by atoms with E-state index in [1.54, 1.807) is 37.3 Å². The SMILES string of the molecule is Cc1ccccc1S(=O)(=O)NCc1ccno1. The molecule has 1 aromatic carbocycles. The maximum atomic E-state index is 12.0. The molecule has 90 valence electrons. The van der Waals surface area contributed by atoms with Gasteiger partial charge >= 0.3 is 0 Å². The van der Waals surface area contributed by atoms with Crippen LogP contribution >= 0.6 is 0 Å². The van der Waals surface area contributed by atoms with E-state index in [1.165, 1.54) is 6.20 Å². The Bertz CT molecular complexity index is 591. The van der Waals surface area contributed by atoms with Crippen molar-refractivity contribution >= 4 is 10.0 Å². The normalized spacial score (nSPS) is 11.6. The number of benzene rings is 1. The zero-order valence-corrected chi connectivity index (χ0v) is 10.1. The fourth-order valence-electron chi connectivity index (χ4n) is 1.44. The van der Waals surface area contributed by atoms with Crippen molar-refractivity contribution in [2.75, 3.05) is 0 Å². The molecule has 2 rings (SSSR count). The number of aromatic nitrogens is 1. The van der Waals surface area contributed by atoms with Crippen LogP contribution in [0.3, 0.4) is 0 Å². The summed E-state index contributed by atoms with van der Waals surface area (Å²) in [7, 11) is -3.50. The molecule has 0 saturated heterocycles. The van der Waals surface area contributed by atoms with Crippen LogP contribution in [-0.4, -0.2) is 13.6 Å². The molecule has 1 aromatic heterocycles. The maximum Gasteiger partial charge on any atom is 0.241 e. The number of nitrogens with zero attached hydrogens (tertiary/aromatic N) is 1. The minimum absolute atomic E-state index is 0.0939. The van der Waals surface area contributed by atoms with Crippen LogP contribution in [-0.2, 0) is 16.6 Å². The molecule has 0 aliphatic rings. The van der Waals surface area contributed by atoms with Crippen LogP contribution in [0.25, 0.3) is 0 Å². The lowest BCUT2D eigenvalue weighted by Crippen LogP contribution is -2.23. The summed E-state index contributed by atoms with van der Waals surface area (Å²) in [6.07, 6.45) is 1.47. The van der Waals surface area contributed by atoms with Crippen LogP contribution in [0, 0.1) is 6.92 Å². The van der Waals surface area contributed by atoms with E-state index in [4.69, 9.17) is 4.52 Å². The van der Waals surface area contributed by atoms with Gasteiger partial charge in [-0.25, -0.2) is 13.1 Å². The second kappa shape index (κ2) is 4.68.